The van der Waals surface area contributed by atoms with Crippen LogP contribution in [0.5, 0.6) is 5.75 Å². The number of nitrogens with zero attached hydrogens (tertiary/aromatic N) is 1. The predicted molar refractivity (Wildman–Crippen MR) is 84.3 cm³/mol. The molecule has 0 saturated heterocycles. The second kappa shape index (κ2) is 4.26. The molecule has 0 fully saturated rings. The number of hydrogen-bond acceptors (Lipinski definition) is 1. The van der Waals surface area contributed by atoms with E-state index >= 15 is 0 Å². The van der Waals surface area contributed by atoms with Gasteiger partial charge < -0.3 is 9.30 Å². The number of hydrogen-bond donors (Lipinski definition) is 0. The molecule has 1 aliphatic rings. The van der Waals surface area contributed by atoms with Crippen molar-refractivity contribution in [2.75, 3.05) is 7.11 Å². The molecular weight excluding hydrogens is 258 g/mol. The third-order valence-electron chi connectivity index (χ3n) is 4.63. The number of rotatable bonds is 2. The maximum absolute atomic E-state index is 5.28. The first-order chi connectivity index (χ1) is 10.2. The summed E-state index contributed by atoms with van der Waals surface area (Å²) in [6.45, 7) is 2.30. The predicted octanol–water partition coefficient (Wildman–Crippen LogP) is 4.15. The van der Waals surface area contributed by atoms with Crippen LogP contribution in [-0.4, -0.2) is 11.7 Å². The van der Waals surface area contributed by atoms with Crippen LogP contribution in [0.15, 0.2) is 66.9 Å². The first-order valence-corrected chi connectivity index (χ1v) is 7.17. The number of ether oxygens (including phenoxy) is 1. The second-order valence-corrected chi connectivity index (χ2v) is 5.63. The van der Waals surface area contributed by atoms with Gasteiger partial charge in [0.1, 0.15) is 5.75 Å². The van der Waals surface area contributed by atoms with Gasteiger partial charge in [-0.1, -0.05) is 30.3 Å². The van der Waals surface area contributed by atoms with E-state index in [1.807, 2.05) is 12.1 Å². The summed E-state index contributed by atoms with van der Waals surface area (Å²) in [6.07, 6.45) is 2.14. The third kappa shape index (κ3) is 1.53. The van der Waals surface area contributed by atoms with Gasteiger partial charge in [-0.25, -0.2) is 0 Å². The summed E-state index contributed by atoms with van der Waals surface area (Å²) in [7, 11) is 1.70. The van der Waals surface area contributed by atoms with Crippen molar-refractivity contribution < 1.29 is 4.74 Å². The summed E-state index contributed by atoms with van der Waals surface area (Å²) >= 11 is 0. The topological polar surface area (TPSA) is 14.2 Å². The van der Waals surface area contributed by atoms with Crippen molar-refractivity contribution in [2.24, 2.45) is 0 Å². The highest BCUT2D eigenvalue weighted by Crippen LogP contribution is 2.47. The van der Waals surface area contributed by atoms with Crippen molar-refractivity contribution >= 4 is 0 Å². The van der Waals surface area contributed by atoms with E-state index in [4.69, 9.17) is 4.74 Å². The summed E-state index contributed by atoms with van der Waals surface area (Å²) in [5, 5.41) is 0. The molecule has 2 nitrogen and oxygen atoms in total. The van der Waals surface area contributed by atoms with Gasteiger partial charge in [-0.05, 0) is 48.4 Å². The molecule has 1 aliphatic heterocycles. The van der Waals surface area contributed by atoms with E-state index in [1.165, 1.54) is 22.5 Å². The fourth-order valence-electron chi connectivity index (χ4n) is 3.47. The first-order valence-electron chi connectivity index (χ1n) is 7.17. The Morgan fingerprint density at radius 2 is 1.67 bits per heavy atom. The Balaban J connectivity index is 1.98. The van der Waals surface area contributed by atoms with Crippen LogP contribution >= 0.6 is 0 Å². The molecule has 4 rings (SSSR count). The maximum Gasteiger partial charge on any atom is 0.118 e. The van der Waals surface area contributed by atoms with E-state index in [0.717, 1.165) is 5.75 Å². The summed E-state index contributed by atoms with van der Waals surface area (Å²) in [4.78, 5) is 0. The molecule has 3 aromatic rings. The molecule has 104 valence electrons. The Kier molecular flexibility index (Phi) is 2.49. The van der Waals surface area contributed by atoms with E-state index in [2.05, 4.69) is 66.2 Å². The van der Waals surface area contributed by atoms with Gasteiger partial charge in [-0.3, -0.25) is 0 Å². The highest BCUT2D eigenvalue weighted by Gasteiger charge is 2.40. The number of aromatic nitrogens is 1. The van der Waals surface area contributed by atoms with Crippen LogP contribution in [0, 0.1) is 0 Å². The Labute approximate surface area is 124 Å². The van der Waals surface area contributed by atoms with Crippen LogP contribution in [0.3, 0.4) is 0 Å². The zero-order valence-electron chi connectivity index (χ0n) is 12.2. The normalized spacial score (nSPS) is 19.1. The van der Waals surface area contributed by atoms with Crippen molar-refractivity contribution in [1.82, 2.24) is 4.57 Å². The van der Waals surface area contributed by atoms with Gasteiger partial charge >= 0.3 is 0 Å². The SMILES string of the molecule is COc1ccc(C2(C)c3ccccc3-n3cccc32)cc1. The van der Waals surface area contributed by atoms with E-state index in [-0.39, 0.29) is 5.41 Å². The Bertz CT molecular complexity index is 800. The average molecular weight is 275 g/mol. The smallest absolute Gasteiger partial charge is 0.118 e. The van der Waals surface area contributed by atoms with Gasteiger partial charge in [0, 0.05) is 17.6 Å². The molecule has 0 N–H and O–H groups in total. The van der Waals surface area contributed by atoms with Crippen molar-refractivity contribution in [1.29, 1.82) is 0 Å². The number of benzene rings is 2. The molecule has 2 aromatic carbocycles. The monoisotopic (exact) mass is 275 g/mol. The van der Waals surface area contributed by atoms with Crippen molar-refractivity contribution in [2.45, 2.75) is 12.3 Å². The molecule has 1 atom stereocenters. The molecule has 2 heterocycles. The fourth-order valence-corrected chi connectivity index (χ4v) is 3.47. The lowest BCUT2D eigenvalue weighted by Gasteiger charge is -2.26. The second-order valence-electron chi connectivity index (χ2n) is 5.63. The largest absolute Gasteiger partial charge is 0.497 e. The minimum atomic E-state index is -0.119. The van der Waals surface area contributed by atoms with Crippen LogP contribution in [0.2, 0.25) is 0 Å². The van der Waals surface area contributed by atoms with Gasteiger partial charge in [-0.15, -0.1) is 0 Å². The number of para-hydroxylation sites is 1. The van der Waals surface area contributed by atoms with Crippen molar-refractivity contribution in [3.63, 3.8) is 0 Å². The molecule has 2 heteroatoms. The lowest BCUT2D eigenvalue weighted by atomic mass is 9.75. The zero-order valence-corrected chi connectivity index (χ0v) is 12.2. The number of fused-ring (bicyclic) bond motifs is 3. The van der Waals surface area contributed by atoms with Crippen LogP contribution in [0.4, 0.5) is 0 Å². The van der Waals surface area contributed by atoms with Crippen molar-refractivity contribution in [3.05, 3.63) is 83.7 Å². The summed E-state index contributed by atoms with van der Waals surface area (Å²) in [5.41, 5.74) is 5.11. The van der Waals surface area contributed by atoms with Crippen LogP contribution in [-0.2, 0) is 5.41 Å². The first kappa shape index (κ1) is 12.3. The van der Waals surface area contributed by atoms with Crippen LogP contribution < -0.4 is 4.74 Å². The lowest BCUT2D eigenvalue weighted by Crippen LogP contribution is -2.22. The highest BCUT2D eigenvalue weighted by molar-refractivity contribution is 5.63. The molecule has 1 aromatic heterocycles. The highest BCUT2D eigenvalue weighted by atomic mass is 16.5. The molecule has 1 unspecified atom stereocenters. The van der Waals surface area contributed by atoms with E-state index < -0.39 is 0 Å². The van der Waals surface area contributed by atoms with Gasteiger partial charge in [0.15, 0.2) is 0 Å². The van der Waals surface area contributed by atoms with Crippen LogP contribution in [0.1, 0.15) is 23.7 Å². The standard InChI is InChI=1S/C19H17NO/c1-19(14-9-11-15(21-2)12-10-14)16-6-3-4-7-17(16)20-13-5-8-18(19)20/h3-13H,1-2H3. The minimum Gasteiger partial charge on any atom is -0.497 e. The molecule has 0 aliphatic carbocycles. The summed E-state index contributed by atoms with van der Waals surface area (Å²) < 4.78 is 7.57. The zero-order chi connectivity index (χ0) is 14.4. The molecule has 0 saturated carbocycles. The lowest BCUT2D eigenvalue weighted by molar-refractivity contribution is 0.414. The van der Waals surface area contributed by atoms with Gasteiger partial charge in [-0.2, -0.15) is 0 Å². The fraction of sp³-hybridized carbons (Fsp3) is 0.158. The Hall–Kier alpha value is -2.48. The van der Waals surface area contributed by atoms with E-state index in [9.17, 15) is 0 Å². The van der Waals surface area contributed by atoms with E-state index in [0.29, 0.717) is 0 Å². The number of methoxy groups -OCH3 is 1. The van der Waals surface area contributed by atoms with Crippen LogP contribution in [0.25, 0.3) is 5.69 Å². The molecule has 0 radical (unpaired) electrons. The molecule has 0 bridgehead atoms. The minimum absolute atomic E-state index is 0.119. The molecular formula is C19H17NO. The Morgan fingerprint density at radius 1 is 0.905 bits per heavy atom. The maximum atomic E-state index is 5.28. The van der Waals surface area contributed by atoms with Crippen molar-refractivity contribution in [3.8, 4) is 11.4 Å². The average Bonchev–Trinajstić information content (AvgIpc) is 3.11. The molecule has 0 amide bonds. The summed E-state index contributed by atoms with van der Waals surface area (Å²) in [5.74, 6) is 0.893. The summed E-state index contributed by atoms with van der Waals surface area (Å²) in [6, 6.07) is 21.4. The molecule has 21 heavy (non-hydrogen) atoms. The van der Waals surface area contributed by atoms with E-state index in [1.54, 1.807) is 7.11 Å². The van der Waals surface area contributed by atoms with Gasteiger partial charge in [0.25, 0.3) is 0 Å². The van der Waals surface area contributed by atoms with Gasteiger partial charge in [0.05, 0.1) is 12.5 Å². The van der Waals surface area contributed by atoms with Gasteiger partial charge in [0.2, 0.25) is 0 Å². The molecule has 0 spiro atoms. The Morgan fingerprint density at radius 3 is 2.43 bits per heavy atom. The third-order valence-corrected chi connectivity index (χ3v) is 4.63. The quantitative estimate of drug-likeness (QED) is 0.685.